The van der Waals surface area contributed by atoms with Crippen LogP contribution in [0.4, 0.5) is 4.79 Å². The highest BCUT2D eigenvalue weighted by atomic mass is 16.5. The number of fused-ring (bicyclic) bond motifs is 3. The maximum absolute atomic E-state index is 12.9. The molecule has 2 amide bonds. The van der Waals surface area contributed by atoms with Crippen LogP contribution in [0.5, 0.6) is 0 Å². The van der Waals surface area contributed by atoms with Crippen molar-refractivity contribution in [2.24, 2.45) is 5.92 Å². The van der Waals surface area contributed by atoms with Gasteiger partial charge in [0, 0.05) is 5.92 Å². The van der Waals surface area contributed by atoms with Crippen molar-refractivity contribution in [2.45, 2.75) is 63.5 Å². The summed E-state index contributed by atoms with van der Waals surface area (Å²) in [5.41, 5.74) is 3.79. The third-order valence-electron chi connectivity index (χ3n) is 7.28. The minimum absolute atomic E-state index is 0.0442. The first kappa shape index (κ1) is 23.8. The third kappa shape index (κ3) is 4.65. The zero-order valence-electron chi connectivity index (χ0n) is 19.7. The number of amides is 2. The van der Waals surface area contributed by atoms with Crippen LogP contribution in [0.15, 0.2) is 48.5 Å². The summed E-state index contributed by atoms with van der Waals surface area (Å²) in [6.45, 7) is 3.76. The molecule has 34 heavy (non-hydrogen) atoms. The predicted octanol–water partition coefficient (Wildman–Crippen LogP) is 4.45. The fourth-order valence-electron chi connectivity index (χ4n) is 5.38. The highest BCUT2D eigenvalue weighted by molar-refractivity contribution is 5.86. The number of aliphatic carboxylic acids is 1. The number of benzene rings is 2. The number of hydrogen-bond donors (Lipinski definition) is 3. The predicted molar refractivity (Wildman–Crippen MR) is 128 cm³/mol. The Morgan fingerprint density at radius 1 is 1.06 bits per heavy atom. The molecule has 0 saturated heterocycles. The molecular weight excluding hydrogens is 432 g/mol. The number of ether oxygens (including phenoxy) is 1. The summed E-state index contributed by atoms with van der Waals surface area (Å²) in [6.07, 6.45) is 2.67. The highest BCUT2D eigenvalue weighted by Crippen LogP contribution is 2.44. The van der Waals surface area contributed by atoms with E-state index in [-0.39, 0.29) is 18.4 Å². The SMILES string of the molecule is CC[C@H](NC(=O)C1CCCCC1(C)NC(=O)OCC1c2ccccc2-c2ccccc21)C(=O)O. The second-order valence-corrected chi connectivity index (χ2v) is 9.47. The van der Waals surface area contributed by atoms with Gasteiger partial charge in [0.15, 0.2) is 0 Å². The Balaban J connectivity index is 1.43. The first-order chi connectivity index (χ1) is 16.3. The molecule has 0 aliphatic heterocycles. The number of carbonyl (C=O) groups is 3. The molecule has 4 rings (SSSR count). The molecule has 2 aliphatic rings. The summed E-state index contributed by atoms with van der Waals surface area (Å²) in [5, 5.41) is 14.9. The Morgan fingerprint density at radius 3 is 2.26 bits per heavy atom. The molecule has 3 N–H and O–H groups in total. The van der Waals surface area contributed by atoms with Crippen LogP contribution in [0.3, 0.4) is 0 Å². The van der Waals surface area contributed by atoms with Gasteiger partial charge in [-0.05, 0) is 48.4 Å². The van der Waals surface area contributed by atoms with Gasteiger partial charge in [-0.15, -0.1) is 0 Å². The van der Waals surface area contributed by atoms with Crippen molar-refractivity contribution in [3.8, 4) is 11.1 Å². The van der Waals surface area contributed by atoms with Gasteiger partial charge in [0.25, 0.3) is 0 Å². The van der Waals surface area contributed by atoms with Crippen molar-refractivity contribution in [1.29, 1.82) is 0 Å². The average molecular weight is 465 g/mol. The Labute approximate surface area is 199 Å². The largest absolute Gasteiger partial charge is 0.480 e. The van der Waals surface area contributed by atoms with E-state index in [4.69, 9.17) is 4.74 Å². The van der Waals surface area contributed by atoms with Crippen LogP contribution in [0, 0.1) is 5.92 Å². The molecule has 1 fully saturated rings. The maximum Gasteiger partial charge on any atom is 0.407 e. The van der Waals surface area contributed by atoms with Crippen LogP contribution in [-0.2, 0) is 14.3 Å². The lowest BCUT2D eigenvalue weighted by Crippen LogP contribution is -2.59. The monoisotopic (exact) mass is 464 g/mol. The second-order valence-electron chi connectivity index (χ2n) is 9.47. The molecular formula is C27H32N2O5. The maximum atomic E-state index is 12.9. The molecule has 0 heterocycles. The summed E-state index contributed by atoms with van der Waals surface area (Å²) in [6, 6.07) is 15.4. The second kappa shape index (κ2) is 9.87. The molecule has 2 aromatic rings. The Hall–Kier alpha value is -3.35. The Morgan fingerprint density at radius 2 is 1.68 bits per heavy atom. The molecule has 0 aromatic heterocycles. The van der Waals surface area contributed by atoms with E-state index in [1.165, 1.54) is 0 Å². The summed E-state index contributed by atoms with van der Waals surface area (Å²) < 4.78 is 5.70. The summed E-state index contributed by atoms with van der Waals surface area (Å²) in [4.78, 5) is 37.2. The lowest BCUT2D eigenvalue weighted by Gasteiger charge is -2.41. The van der Waals surface area contributed by atoms with E-state index in [9.17, 15) is 19.5 Å². The zero-order chi connectivity index (χ0) is 24.3. The van der Waals surface area contributed by atoms with Crippen molar-refractivity contribution < 1.29 is 24.2 Å². The van der Waals surface area contributed by atoms with E-state index in [1.54, 1.807) is 6.92 Å². The molecule has 7 nitrogen and oxygen atoms in total. The van der Waals surface area contributed by atoms with Crippen molar-refractivity contribution in [2.75, 3.05) is 6.61 Å². The van der Waals surface area contributed by atoms with Crippen LogP contribution in [-0.4, -0.2) is 41.3 Å². The molecule has 7 heteroatoms. The number of carboxylic acid groups (broad SMARTS) is 1. The lowest BCUT2D eigenvalue weighted by atomic mass is 9.73. The number of alkyl carbamates (subject to hydrolysis) is 1. The van der Waals surface area contributed by atoms with Gasteiger partial charge in [0.2, 0.25) is 5.91 Å². The summed E-state index contributed by atoms with van der Waals surface area (Å²) in [7, 11) is 0. The van der Waals surface area contributed by atoms with Crippen molar-refractivity contribution in [1.82, 2.24) is 10.6 Å². The third-order valence-corrected chi connectivity index (χ3v) is 7.28. The van der Waals surface area contributed by atoms with E-state index >= 15 is 0 Å². The zero-order valence-corrected chi connectivity index (χ0v) is 19.7. The number of hydrogen-bond acceptors (Lipinski definition) is 4. The highest BCUT2D eigenvalue weighted by Gasteiger charge is 2.43. The van der Waals surface area contributed by atoms with Gasteiger partial charge in [-0.2, -0.15) is 0 Å². The lowest BCUT2D eigenvalue weighted by molar-refractivity contribution is -0.143. The van der Waals surface area contributed by atoms with Crippen molar-refractivity contribution in [3.63, 3.8) is 0 Å². The van der Waals surface area contributed by atoms with Gasteiger partial charge < -0.3 is 20.5 Å². The molecule has 180 valence electrons. The van der Waals surface area contributed by atoms with Crippen LogP contribution in [0.25, 0.3) is 11.1 Å². The van der Waals surface area contributed by atoms with Crippen LogP contribution in [0.1, 0.15) is 63.0 Å². The van der Waals surface area contributed by atoms with E-state index < -0.39 is 29.6 Å². The van der Waals surface area contributed by atoms with E-state index in [2.05, 4.69) is 34.9 Å². The van der Waals surface area contributed by atoms with E-state index in [1.807, 2.05) is 31.2 Å². The van der Waals surface area contributed by atoms with Crippen molar-refractivity contribution >= 4 is 18.0 Å². The van der Waals surface area contributed by atoms with Gasteiger partial charge in [0.1, 0.15) is 12.6 Å². The summed E-state index contributed by atoms with van der Waals surface area (Å²) >= 11 is 0. The quantitative estimate of drug-likeness (QED) is 0.561. The van der Waals surface area contributed by atoms with Gasteiger partial charge in [-0.25, -0.2) is 9.59 Å². The number of carboxylic acids is 1. The van der Waals surface area contributed by atoms with Gasteiger partial charge in [-0.3, -0.25) is 4.79 Å². The average Bonchev–Trinajstić information content (AvgIpc) is 3.14. The molecule has 2 aliphatic carbocycles. The standard InChI is InChI=1S/C27H32N2O5/c1-3-23(25(31)32)28-24(30)22-14-8-9-15-27(22,2)29-26(33)34-16-21-19-12-6-4-10-17(19)18-11-5-7-13-20(18)21/h4-7,10-13,21-23H,3,8-9,14-16H2,1-2H3,(H,28,30)(H,29,33)(H,31,32)/t22?,23-,27?/m0/s1. The molecule has 3 atom stereocenters. The van der Waals surface area contributed by atoms with E-state index in [0.717, 1.165) is 35.1 Å². The molecule has 2 aromatic carbocycles. The topological polar surface area (TPSA) is 105 Å². The normalized spacial score (nSPS) is 22.2. The molecule has 2 unspecified atom stereocenters. The van der Waals surface area contributed by atoms with Crippen LogP contribution in [0.2, 0.25) is 0 Å². The molecule has 0 spiro atoms. The summed E-state index contributed by atoms with van der Waals surface area (Å²) in [5.74, 6) is -1.96. The van der Waals surface area contributed by atoms with E-state index in [0.29, 0.717) is 19.3 Å². The first-order valence-electron chi connectivity index (χ1n) is 12.0. The first-order valence-corrected chi connectivity index (χ1v) is 12.0. The van der Waals surface area contributed by atoms with Crippen LogP contribution < -0.4 is 10.6 Å². The Bertz CT molecular complexity index is 1040. The minimum atomic E-state index is -1.06. The number of nitrogens with one attached hydrogen (secondary N) is 2. The minimum Gasteiger partial charge on any atom is -0.480 e. The van der Waals surface area contributed by atoms with Gasteiger partial charge in [-0.1, -0.05) is 68.3 Å². The van der Waals surface area contributed by atoms with Gasteiger partial charge in [0.05, 0.1) is 11.5 Å². The van der Waals surface area contributed by atoms with Crippen LogP contribution >= 0.6 is 0 Å². The van der Waals surface area contributed by atoms with Gasteiger partial charge >= 0.3 is 12.1 Å². The molecule has 0 bridgehead atoms. The molecule has 1 saturated carbocycles. The fourth-order valence-corrected chi connectivity index (χ4v) is 5.38. The van der Waals surface area contributed by atoms with Crippen molar-refractivity contribution in [3.05, 3.63) is 59.7 Å². The fraction of sp³-hybridized carbons (Fsp3) is 0.444. The smallest absolute Gasteiger partial charge is 0.407 e. The number of rotatable bonds is 7. The molecule has 0 radical (unpaired) electrons. The Kier molecular flexibility index (Phi) is 6.91. The number of carbonyl (C=O) groups excluding carboxylic acids is 2.